The summed E-state index contributed by atoms with van der Waals surface area (Å²) in [6.07, 6.45) is 5.57. The molecule has 1 N–H and O–H groups in total. The Hall–Kier alpha value is -2.67. The molecule has 7 heteroatoms. The van der Waals surface area contributed by atoms with Crippen molar-refractivity contribution in [1.82, 2.24) is 19.6 Å². The molecule has 124 valence electrons. The monoisotopic (exact) mass is 325 g/mol. The molecule has 24 heavy (non-hydrogen) atoms. The van der Waals surface area contributed by atoms with Gasteiger partial charge >= 0.3 is 0 Å². The molecule has 7 nitrogen and oxygen atoms in total. The predicted octanol–water partition coefficient (Wildman–Crippen LogP) is 2.39. The van der Waals surface area contributed by atoms with Crippen LogP contribution in [0.5, 0.6) is 5.88 Å². The molecule has 4 heterocycles. The van der Waals surface area contributed by atoms with Gasteiger partial charge in [-0.1, -0.05) is 0 Å². The SMILES string of the molecule is COc1ccc(-c2cnc3ccc(NC4CCOCC4)nn23)cn1. The van der Waals surface area contributed by atoms with E-state index >= 15 is 0 Å². The van der Waals surface area contributed by atoms with E-state index in [1.165, 1.54) is 0 Å². The molecular weight excluding hydrogens is 306 g/mol. The van der Waals surface area contributed by atoms with Gasteiger partial charge in [0.05, 0.1) is 19.0 Å². The molecule has 1 saturated heterocycles. The number of hydrogen-bond acceptors (Lipinski definition) is 6. The minimum Gasteiger partial charge on any atom is -0.481 e. The van der Waals surface area contributed by atoms with E-state index in [2.05, 4.69) is 15.3 Å². The lowest BCUT2D eigenvalue weighted by molar-refractivity contribution is 0.0903. The highest BCUT2D eigenvalue weighted by molar-refractivity contribution is 5.63. The normalized spacial score (nSPS) is 15.5. The quantitative estimate of drug-likeness (QED) is 0.794. The molecule has 1 fully saturated rings. The van der Waals surface area contributed by atoms with Crippen molar-refractivity contribution >= 4 is 11.5 Å². The van der Waals surface area contributed by atoms with Crippen LogP contribution in [0.3, 0.4) is 0 Å². The van der Waals surface area contributed by atoms with E-state index in [1.807, 2.05) is 35.0 Å². The van der Waals surface area contributed by atoms with Gasteiger partial charge in [0.25, 0.3) is 0 Å². The van der Waals surface area contributed by atoms with Gasteiger partial charge in [0.1, 0.15) is 5.82 Å². The third-order valence-corrected chi connectivity index (χ3v) is 4.18. The maximum atomic E-state index is 5.40. The van der Waals surface area contributed by atoms with E-state index in [9.17, 15) is 0 Å². The van der Waals surface area contributed by atoms with Crippen LogP contribution in [0, 0.1) is 0 Å². The van der Waals surface area contributed by atoms with Crippen LogP contribution in [-0.2, 0) is 4.74 Å². The fourth-order valence-corrected chi connectivity index (χ4v) is 2.85. The topological polar surface area (TPSA) is 73.6 Å². The van der Waals surface area contributed by atoms with Crippen molar-refractivity contribution in [1.29, 1.82) is 0 Å². The summed E-state index contributed by atoms with van der Waals surface area (Å²) in [7, 11) is 1.60. The zero-order valence-corrected chi connectivity index (χ0v) is 13.5. The number of anilines is 1. The molecule has 0 atom stereocenters. The Morgan fingerprint density at radius 3 is 2.75 bits per heavy atom. The van der Waals surface area contributed by atoms with Gasteiger partial charge in [-0.05, 0) is 31.0 Å². The molecular formula is C17H19N5O2. The van der Waals surface area contributed by atoms with Crippen molar-refractivity contribution in [3.63, 3.8) is 0 Å². The Morgan fingerprint density at radius 1 is 1.12 bits per heavy atom. The second-order valence-electron chi connectivity index (χ2n) is 5.75. The van der Waals surface area contributed by atoms with Crippen molar-refractivity contribution < 1.29 is 9.47 Å². The first-order valence-electron chi connectivity index (χ1n) is 8.03. The molecule has 0 radical (unpaired) electrons. The fourth-order valence-electron chi connectivity index (χ4n) is 2.85. The van der Waals surface area contributed by atoms with Crippen LogP contribution in [-0.4, -0.2) is 45.9 Å². The van der Waals surface area contributed by atoms with Crippen LogP contribution < -0.4 is 10.1 Å². The molecule has 4 rings (SSSR count). The lowest BCUT2D eigenvalue weighted by Gasteiger charge is -2.23. The van der Waals surface area contributed by atoms with Crippen molar-refractivity contribution in [2.45, 2.75) is 18.9 Å². The first kappa shape index (κ1) is 14.9. The Labute approximate surface area is 139 Å². The van der Waals surface area contributed by atoms with Crippen molar-refractivity contribution in [3.05, 3.63) is 36.7 Å². The summed E-state index contributed by atoms with van der Waals surface area (Å²) < 4.78 is 12.3. The summed E-state index contributed by atoms with van der Waals surface area (Å²) in [5.41, 5.74) is 2.65. The van der Waals surface area contributed by atoms with E-state index < -0.39 is 0 Å². The minimum atomic E-state index is 0.401. The summed E-state index contributed by atoms with van der Waals surface area (Å²) in [4.78, 5) is 8.67. The van der Waals surface area contributed by atoms with Crippen molar-refractivity contribution in [2.24, 2.45) is 0 Å². The van der Waals surface area contributed by atoms with Crippen LogP contribution in [0.1, 0.15) is 12.8 Å². The number of aromatic nitrogens is 4. The number of ether oxygens (including phenoxy) is 2. The Bertz CT molecular complexity index is 825. The molecule has 0 amide bonds. The van der Waals surface area contributed by atoms with Gasteiger partial charge in [0.2, 0.25) is 5.88 Å². The minimum absolute atomic E-state index is 0.401. The molecule has 0 saturated carbocycles. The van der Waals surface area contributed by atoms with Gasteiger partial charge in [0.15, 0.2) is 5.65 Å². The van der Waals surface area contributed by atoms with Crippen molar-refractivity contribution in [2.75, 3.05) is 25.6 Å². The third-order valence-electron chi connectivity index (χ3n) is 4.18. The highest BCUT2D eigenvalue weighted by atomic mass is 16.5. The molecule has 0 bridgehead atoms. The summed E-state index contributed by atoms with van der Waals surface area (Å²) in [5.74, 6) is 1.43. The Kier molecular flexibility index (Phi) is 4.00. The molecule has 1 aliphatic heterocycles. The van der Waals surface area contributed by atoms with E-state index in [-0.39, 0.29) is 0 Å². The average molecular weight is 325 g/mol. The summed E-state index contributed by atoms with van der Waals surface area (Å²) in [6.45, 7) is 1.60. The number of nitrogens with one attached hydrogen (secondary N) is 1. The molecule has 1 aliphatic rings. The summed E-state index contributed by atoms with van der Waals surface area (Å²) in [5, 5.41) is 8.18. The summed E-state index contributed by atoms with van der Waals surface area (Å²) >= 11 is 0. The van der Waals surface area contributed by atoms with Gasteiger partial charge in [-0.15, -0.1) is 5.10 Å². The lowest BCUT2D eigenvalue weighted by Crippen LogP contribution is -2.28. The first-order valence-corrected chi connectivity index (χ1v) is 8.03. The van der Waals surface area contributed by atoms with Crippen LogP contribution in [0.25, 0.3) is 16.9 Å². The Balaban J connectivity index is 1.64. The van der Waals surface area contributed by atoms with Gasteiger partial charge in [0, 0.05) is 37.1 Å². The number of hydrogen-bond donors (Lipinski definition) is 1. The van der Waals surface area contributed by atoms with Gasteiger partial charge in [-0.25, -0.2) is 14.5 Å². The number of pyridine rings is 1. The fraction of sp³-hybridized carbons (Fsp3) is 0.353. The maximum absolute atomic E-state index is 5.40. The number of methoxy groups -OCH3 is 1. The summed E-state index contributed by atoms with van der Waals surface area (Å²) in [6, 6.07) is 8.12. The number of fused-ring (bicyclic) bond motifs is 1. The Morgan fingerprint density at radius 2 is 2.00 bits per heavy atom. The second-order valence-corrected chi connectivity index (χ2v) is 5.75. The predicted molar refractivity (Wildman–Crippen MR) is 90.2 cm³/mol. The standard InChI is InChI=1S/C17H19N5O2/c1-23-17-5-2-12(10-19-17)14-11-18-16-4-3-15(21-22(14)16)20-13-6-8-24-9-7-13/h2-5,10-11,13H,6-9H2,1H3,(H,20,21). The van der Waals surface area contributed by atoms with E-state index in [4.69, 9.17) is 14.6 Å². The molecule has 0 unspecified atom stereocenters. The molecule has 0 aromatic carbocycles. The van der Waals surface area contributed by atoms with Crippen LogP contribution >= 0.6 is 0 Å². The molecule has 0 spiro atoms. The number of imidazole rings is 1. The average Bonchev–Trinajstić information content (AvgIpc) is 3.06. The zero-order valence-electron chi connectivity index (χ0n) is 13.5. The van der Waals surface area contributed by atoms with Gasteiger partial charge in [-0.2, -0.15) is 0 Å². The van der Waals surface area contributed by atoms with Crippen LogP contribution in [0.15, 0.2) is 36.7 Å². The zero-order chi connectivity index (χ0) is 16.4. The van der Waals surface area contributed by atoms with Crippen LogP contribution in [0.2, 0.25) is 0 Å². The second kappa shape index (κ2) is 6.45. The number of rotatable bonds is 4. The highest BCUT2D eigenvalue weighted by Gasteiger charge is 2.15. The molecule has 3 aromatic rings. The van der Waals surface area contributed by atoms with E-state index in [0.717, 1.165) is 48.8 Å². The maximum Gasteiger partial charge on any atom is 0.212 e. The lowest BCUT2D eigenvalue weighted by atomic mass is 10.1. The van der Waals surface area contributed by atoms with Crippen molar-refractivity contribution in [3.8, 4) is 17.1 Å². The number of nitrogens with zero attached hydrogens (tertiary/aromatic N) is 4. The van der Waals surface area contributed by atoms with Crippen LogP contribution in [0.4, 0.5) is 5.82 Å². The smallest absolute Gasteiger partial charge is 0.212 e. The molecule has 0 aliphatic carbocycles. The third kappa shape index (κ3) is 2.90. The largest absolute Gasteiger partial charge is 0.481 e. The van der Waals surface area contributed by atoms with Gasteiger partial charge in [-0.3, -0.25) is 0 Å². The van der Waals surface area contributed by atoms with E-state index in [0.29, 0.717) is 11.9 Å². The first-order chi connectivity index (χ1) is 11.8. The van der Waals surface area contributed by atoms with Gasteiger partial charge < -0.3 is 14.8 Å². The highest BCUT2D eigenvalue weighted by Crippen LogP contribution is 2.22. The van der Waals surface area contributed by atoms with E-state index in [1.54, 1.807) is 13.3 Å². The molecule has 3 aromatic heterocycles.